The molecule has 92 valence electrons. The van der Waals surface area contributed by atoms with E-state index < -0.39 is 0 Å². The van der Waals surface area contributed by atoms with Crippen molar-refractivity contribution in [3.63, 3.8) is 0 Å². The van der Waals surface area contributed by atoms with Gasteiger partial charge in [-0.2, -0.15) is 0 Å². The summed E-state index contributed by atoms with van der Waals surface area (Å²) in [5.74, 6) is 0.113. The second-order valence-electron chi connectivity index (χ2n) is 4.34. The Bertz CT molecular complexity index is 416. The van der Waals surface area contributed by atoms with Crippen LogP contribution in [0.1, 0.15) is 28.8 Å². The molecule has 3 nitrogen and oxygen atoms in total. The van der Waals surface area contributed by atoms with Crippen LogP contribution >= 0.6 is 0 Å². The Hall–Kier alpha value is -1.42. The molecule has 4 heteroatoms. The van der Waals surface area contributed by atoms with E-state index in [4.69, 9.17) is 4.74 Å². The molecule has 1 N–H and O–H groups in total. The average molecular weight is 237 g/mol. The zero-order chi connectivity index (χ0) is 12.3. The number of carbonyl (C=O) groups excluding carboxylic acids is 1. The summed E-state index contributed by atoms with van der Waals surface area (Å²) in [6.07, 6.45) is 2.42. The molecule has 1 aromatic rings. The second kappa shape index (κ2) is 5.27. The lowest BCUT2D eigenvalue weighted by Gasteiger charge is -2.07. The van der Waals surface area contributed by atoms with Crippen LogP contribution in [0.25, 0.3) is 0 Å². The van der Waals surface area contributed by atoms with Gasteiger partial charge >= 0.3 is 0 Å². The summed E-state index contributed by atoms with van der Waals surface area (Å²) in [5, 5.41) is 2.51. The standard InChI is InChI=1S/C13H16FNO2/c1-15-13(16)10-4-5-12(14)11(6-10)8-17-7-9-2-3-9/h4-6,9H,2-3,7-8H2,1H3,(H,15,16). The van der Waals surface area contributed by atoms with Gasteiger partial charge in [-0.15, -0.1) is 0 Å². The molecule has 0 spiro atoms. The minimum atomic E-state index is -0.326. The number of ether oxygens (including phenoxy) is 1. The Balaban J connectivity index is 2.00. The molecule has 0 aromatic heterocycles. The third kappa shape index (κ3) is 3.27. The maximum absolute atomic E-state index is 13.5. The molecule has 0 aliphatic heterocycles. The highest BCUT2D eigenvalue weighted by molar-refractivity contribution is 5.94. The summed E-state index contributed by atoms with van der Waals surface area (Å²) in [7, 11) is 1.55. The van der Waals surface area contributed by atoms with Crippen molar-refractivity contribution in [3.05, 3.63) is 35.1 Å². The maximum atomic E-state index is 13.5. The first-order valence-corrected chi connectivity index (χ1v) is 5.79. The number of hydrogen-bond acceptors (Lipinski definition) is 2. The van der Waals surface area contributed by atoms with Crippen LogP contribution in [-0.2, 0) is 11.3 Å². The normalized spacial score (nSPS) is 14.7. The van der Waals surface area contributed by atoms with Crippen LogP contribution in [-0.4, -0.2) is 19.6 Å². The maximum Gasteiger partial charge on any atom is 0.251 e. The van der Waals surface area contributed by atoms with E-state index in [2.05, 4.69) is 5.32 Å². The molecular weight excluding hydrogens is 221 g/mol. The lowest BCUT2D eigenvalue weighted by atomic mass is 10.1. The van der Waals surface area contributed by atoms with E-state index in [0.29, 0.717) is 23.7 Å². The number of benzene rings is 1. The van der Waals surface area contributed by atoms with Gasteiger partial charge in [0.25, 0.3) is 5.91 Å². The van der Waals surface area contributed by atoms with E-state index in [-0.39, 0.29) is 18.3 Å². The lowest BCUT2D eigenvalue weighted by molar-refractivity contribution is 0.0961. The molecule has 1 aliphatic carbocycles. The zero-order valence-corrected chi connectivity index (χ0v) is 9.83. The number of rotatable bonds is 5. The van der Waals surface area contributed by atoms with Crippen LogP contribution in [0, 0.1) is 11.7 Å². The molecule has 0 unspecified atom stereocenters. The molecule has 2 rings (SSSR count). The summed E-state index contributed by atoms with van der Waals surface area (Å²) >= 11 is 0. The van der Waals surface area contributed by atoms with Gasteiger partial charge in [-0.05, 0) is 37.0 Å². The van der Waals surface area contributed by atoms with Gasteiger partial charge in [0.15, 0.2) is 0 Å². The monoisotopic (exact) mass is 237 g/mol. The van der Waals surface area contributed by atoms with Gasteiger partial charge in [-0.25, -0.2) is 4.39 Å². The largest absolute Gasteiger partial charge is 0.376 e. The van der Waals surface area contributed by atoms with Crippen LogP contribution < -0.4 is 5.32 Å². The molecule has 0 heterocycles. The van der Waals surface area contributed by atoms with Crippen molar-refractivity contribution in [2.45, 2.75) is 19.4 Å². The number of nitrogens with one attached hydrogen (secondary N) is 1. The predicted molar refractivity (Wildman–Crippen MR) is 62.2 cm³/mol. The number of hydrogen-bond donors (Lipinski definition) is 1. The van der Waals surface area contributed by atoms with Crippen molar-refractivity contribution >= 4 is 5.91 Å². The molecule has 0 bridgehead atoms. The summed E-state index contributed by atoms with van der Waals surface area (Å²) in [4.78, 5) is 11.4. The van der Waals surface area contributed by atoms with E-state index in [0.717, 1.165) is 0 Å². The molecule has 1 fully saturated rings. The minimum Gasteiger partial charge on any atom is -0.376 e. The first-order valence-electron chi connectivity index (χ1n) is 5.79. The van der Waals surface area contributed by atoms with Crippen LogP contribution in [0.5, 0.6) is 0 Å². The first kappa shape index (κ1) is 12.0. The predicted octanol–water partition coefficient (Wildman–Crippen LogP) is 2.11. The quantitative estimate of drug-likeness (QED) is 0.851. The van der Waals surface area contributed by atoms with Crippen molar-refractivity contribution in [1.29, 1.82) is 0 Å². The molecule has 17 heavy (non-hydrogen) atoms. The van der Waals surface area contributed by atoms with E-state index in [1.807, 2.05) is 0 Å². The molecule has 0 saturated heterocycles. The van der Waals surface area contributed by atoms with Crippen molar-refractivity contribution in [2.75, 3.05) is 13.7 Å². The van der Waals surface area contributed by atoms with Crippen molar-refractivity contribution in [1.82, 2.24) is 5.32 Å². The Labute approximate surface area is 100.0 Å². The smallest absolute Gasteiger partial charge is 0.251 e. The van der Waals surface area contributed by atoms with E-state index in [1.165, 1.54) is 25.0 Å². The molecule has 1 aromatic carbocycles. The Morgan fingerprint density at radius 1 is 1.53 bits per heavy atom. The van der Waals surface area contributed by atoms with Crippen LogP contribution in [0.2, 0.25) is 0 Å². The van der Waals surface area contributed by atoms with Crippen LogP contribution in [0.4, 0.5) is 4.39 Å². The van der Waals surface area contributed by atoms with Crippen molar-refractivity contribution < 1.29 is 13.9 Å². The van der Waals surface area contributed by atoms with Gasteiger partial charge in [-0.3, -0.25) is 4.79 Å². The van der Waals surface area contributed by atoms with E-state index in [9.17, 15) is 9.18 Å². The third-order valence-corrected chi connectivity index (χ3v) is 2.84. The Kier molecular flexibility index (Phi) is 3.74. The van der Waals surface area contributed by atoms with E-state index in [1.54, 1.807) is 13.1 Å². The fourth-order valence-electron chi connectivity index (χ4n) is 1.59. The summed E-state index contributed by atoms with van der Waals surface area (Å²) < 4.78 is 18.9. The second-order valence-corrected chi connectivity index (χ2v) is 4.34. The van der Waals surface area contributed by atoms with Gasteiger partial charge in [-0.1, -0.05) is 0 Å². The van der Waals surface area contributed by atoms with Gasteiger partial charge in [0.05, 0.1) is 6.61 Å². The minimum absolute atomic E-state index is 0.214. The summed E-state index contributed by atoms with van der Waals surface area (Å²) in [6, 6.07) is 4.32. The average Bonchev–Trinajstić information content (AvgIpc) is 3.14. The van der Waals surface area contributed by atoms with Crippen molar-refractivity contribution in [2.24, 2.45) is 5.92 Å². The number of carbonyl (C=O) groups is 1. The third-order valence-electron chi connectivity index (χ3n) is 2.84. The topological polar surface area (TPSA) is 38.3 Å². The highest BCUT2D eigenvalue weighted by atomic mass is 19.1. The first-order chi connectivity index (χ1) is 8.20. The Morgan fingerprint density at radius 3 is 2.94 bits per heavy atom. The molecule has 1 saturated carbocycles. The van der Waals surface area contributed by atoms with Gasteiger partial charge in [0, 0.05) is 24.8 Å². The molecular formula is C13H16FNO2. The molecule has 1 aliphatic rings. The van der Waals surface area contributed by atoms with Crippen LogP contribution in [0.3, 0.4) is 0 Å². The number of halogens is 1. The highest BCUT2D eigenvalue weighted by Crippen LogP contribution is 2.29. The molecule has 0 atom stereocenters. The number of amides is 1. The fraction of sp³-hybridized carbons (Fsp3) is 0.462. The van der Waals surface area contributed by atoms with Crippen LogP contribution in [0.15, 0.2) is 18.2 Å². The van der Waals surface area contributed by atoms with Gasteiger partial charge in [0.2, 0.25) is 0 Å². The summed E-state index contributed by atoms with van der Waals surface area (Å²) in [5.41, 5.74) is 0.894. The summed E-state index contributed by atoms with van der Waals surface area (Å²) in [6.45, 7) is 0.914. The lowest BCUT2D eigenvalue weighted by Crippen LogP contribution is -2.18. The molecule has 0 radical (unpaired) electrons. The molecule has 1 amide bonds. The zero-order valence-electron chi connectivity index (χ0n) is 9.83. The van der Waals surface area contributed by atoms with E-state index >= 15 is 0 Å². The fourth-order valence-corrected chi connectivity index (χ4v) is 1.59. The highest BCUT2D eigenvalue weighted by Gasteiger charge is 2.21. The van der Waals surface area contributed by atoms with Gasteiger partial charge in [0.1, 0.15) is 5.82 Å². The van der Waals surface area contributed by atoms with Crippen molar-refractivity contribution in [3.8, 4) is 0 Å². The SMILES string of the molecule is CNC(=O)c1ccc(F)c(COCC2CC2)c1. The van der Waals surface area contributed by atoms with Gasteiger partial charge < -0.3 is 10.1 Å². The Morgan fingerprint density at radius 2 is 2.29 bits per heavy atom.